The van der Waals surface area contributed by atoms with Gasteiger partial charge in [0.15, 0.2) is 0 Å². The van der Waals surface area contributed by atoms with Gasteiger partial charge in [0, 0.05) is 29.6 Å². The van der Waals surface area contributed by atoms with Crippen molar-refractivity contribution < 1.29 is 9.13 Å². The molecule has 0 radical (unpaired) electrons. The summed E-state index contributed by atoms with van der Waals surface area (Å²) in [4.78, 5) is 0. The lowest BCUT2D eigenvalue weighted by Gasteiger charge is -2.26. The smallest absolute Gasteiger partial charge is 0.124 e. The number of rotatable bonds is 3. The largest absolute Gasteiger partial charge is 0.373 e. The summed E-state index contributed by atoms with van der Waals surface area (Å²) in [6.45, 7) is 8.03. The molecule has 0 amide bonds. The Morgan fingerprint density at radius 3 is 2.79 bits per heavy atom. The van der Waals surface area contributed by atoms with Gasteiger partial charge in [0.1, 0.15) is 5.82 Å². The first kappa shape index (κ1) is 14.8. The normalized spacial score (nSPS) is 23.8. The number of benzene rings is 1. The summed E-state index contributed by atoms with van der Waals surface area (Å²) < 4.78 is 18.9. The van der Waals surface area contributed by atoms with Gasteiger partial charge in [-0.25, -0.2) is 4.39 Å². The summed E-state index contributed by atoms with van der Waals surface area (Å²) in [5.74, 6) is 0.0679. The van der Waals surface area contributed by atoms with Crippen LogP contribution < -0.4 is 5.32 Å². The maximum Gasteiger partial charge on any atom is 0.124 e. The molecule has 2 atom stereocenters. The molecule has 4 heteroatoms. The van der Waals surface area contributed by atoms with Crippen molar-refractivity contribution in [2.45, 2.75) is 38.8 Å². The Labute approximate surface area is 119 Å². The molecule has 2 nitrogen and oxygen atoms in total. The summed E-state index contributed by atoms with van der Waals surface area (Å²) in [6.07, 6.45) is 0.963. The van der Waals surface area contributed by atoms with Gasteiger partial charge in [-0.15, -0.1) is 0 Å². The maximum atomic E-state index is 13.1. The van der Waals surface area contributed by atoms with Gasteiger partial charge in [-0.2, -0.15) is 0 Å². The molecule has 0 bridgehead atoms. The first-order valence-electron chi connectivity index (χ1n) is 6.68. The van der Waals surface area contributed by atoms with Crippen molar-refractivity contribution in [3.05, 3.63) is 34.6 Å². The molecule has 106 valence electrons. The van der Waals surface area contributed by atoms with Crippen molar-refractivity contribution in [2.75, 3.05) is 13.2 Å². The predicted molar refractivity (Wildman–Crippen MR) is 76.0 cm³/mol. The van der Waals surface area contributed by atoms with Crippen molar-refractivity contribution in [3.63, 3.8) is 0 Å². The van der Waals surface area contributed by atoms with Crippen LogP contribution in [0.5, 0.6) is 0 Å². The Morgan fingerprint density at radius 1 is 1.42 bits per heavy atom. The van der Waals surface area contributed by atoms with Crippen LogP contribution in [0.4, 0.5) is 4.39 Å². The Hall–Kier alpha value is -0.640. The fourth-order valence-corrected chi connectivity index (χ4v) is 2.63. The Balaban J connectivity index is 2.10. The number of ether oxygens (including phenoxy) is 1. The van der Waals surface area contributed by atoms with Crippen LogP contribution in [0, 0.1) is 11.7 Å². The van der Waals surface area contributed by atoms with Crippen LogP contribution in [0.1, 0.15) is 38.9 Å². The minimum atomic E-state index is -0.309. The van der Waals surface area contributed by atoms with E-state index >= 15 is 0 Å². The molecule has 2 unspecified atom stereocenters. The predicted octanol–water partition coefficient (Wildman–Crippen LogP) is 3.94. The highest BCUT2D eigenvalue weighted by atomic mass is 35.5. The zero-order valence-electron chi connectivity index (χ0n) is 11.7. The standard InChI is InChI=1S/C15H21ClFNO/c1-15(2,3)18-9-10-6-7-19-14(10)12-5-4-11(17)8-13(12)16/h4-5,8,10,14,18H,6-7,9H2,1-3H3. The van der Waals surface area contributed by atoms with Crippen molar-refractivity contribution >= 4 is 11.6 Å². The number of hydrogen-bond acceptors (Lipinski definition) is 2. The lowest BCUT2D eigenvalue weighted by molar-refractivity contribution is 0.0890. The molecule has 2 rings (SSSR count). The molecule has 1 aliphatic heterocycles. The molecule has 1 aromatic carbocycles. The molecule has 1 fully saturated rings. The lowest BCUT2D eigenvalue weighted by Crippen LogP contribution is -2.39. The molecule has 1 aromatic rings. The van der Waals surface area contributed by atoms with Crippen LogP contribution in [0.2, 0.25) is 5.02 Å². The van der Waals surface area contributed by atoms with Gasteiger partial charge in [0.25, 0.3) is 0 Å². The Bertz CT molecular complexity index is 444. The number of halogens is 2. The minimum absolute atomic E-state index is 0.0389. The monoisotopic (exact) mass is 285 g/mol. The second-order valence-electron chi connectivity index (χ2n) is 6.14. The van der Waals surface area contributed by atoms with E-state index in [4.69, 9.17) is 16.3 Å². The third-order valence-electron chi connectivity index (χ3n) is 3.38. The Kier molecular flexibility index (Phi) is 4.49. The van der Waals surface area contributed by atoms with E-state index in [1.165, 1.54) is 12.1 Å². The van der Waals surface area contributed by atoms with E-state index < -0.39 is 0 Å². The molecule has 1 heterocycles. The third-order valence-corrected chi connectivity index (χ3v) is 3.71. The second kappa shape index (κ2) is 5.78. The van der Waals surface area contributed by atoms with E-state index in [1.54, 1.807) is 6.07 Å². The number of nitrogens with one attached hydrogen (secondary N) is 1. The van der Waals surface area contributed by atoms with E-state index in [0.29, 0.717) is 10.9 Å². The van der Waals surface area contributed by atoms with Crippen LogP contribution in [0.25, 0.3) is 0 Å². The zero-order chi connectivity index (χ0) is 14.0. The van der Waals surface area contributed by atoms with Crippen molar-refractivity contribution in [1.82, 2.24) is 5.32 Å². The fraction of sp³-hybridized carbons (Fsp3) is 0.600. The van der Waals surface area contributed by atoms with E-state index in [-0.39, 0.29) is 17.5 Å². The summed E-state index contributed by atoms with van der Waals surface area (Å²) in [5.41, 5.74) is 0.973. The van der Waals surface area contributed by atoms with Crippen LogP contribution in [-0.2, 0) is 4.74 Å². The number of hydrogen-bond donors (Lipinski definition) is 1. The van der Waals surface area contributed by atoms with Gasteiger partial charge in [0.2, 0.25) is 0 Å². The van der Waals surface area contributed by atoms with E-state index in [2.05, 4.69) is 26.1 Å². The average molecular weight is 286 g/mol. The summed E-state index contributed by atoms with van der Waals surface area (Å²) in [7, 11) is 0. The molecule has 0 spiro atoms. The summed E-state index contributed by atoms with van der Waals surface area (Å²) in [6, 6.07) is 4.53. The van der Waals surface area contributed by atoms with Crippen molar-refractivity contribution in [1.29, 1.82) is 0 Å². The van der Waals surface area contributed by atoms with Crippen LogP contribution in [-0.4, -0.2) is 18.7 Å². The summed E-state index contributed by atoms with van der Waals surface area (Å²) >= 11 is 6.12. The van der Waals surface area contributed by atoms with Gasteiger partial charge in [-0.05, 0) is 44.9 Å². The molecule has 1 aliphatic rings. The van der Waals surface area contributed by atoms with Gasteiger partial charge in [-0.1, -0.05) is 17.7 Å². The first-order chi connectivity index (χ1) is 8.87. The average Bonchev–Trinajstić information content (AvgIpc) is 2.73. The van der Waals surface area contributed by atoms with Gasteiger partial charge < -0.3 is 10.1 Å². The van der Waals surface area contributed by atoms with Gasteiger partial charge >= 0.3 is 0 Å². The van der Waals surface area contributed by atoms with Gasteiger partial charge in [0.05, 0.1) is 6.10 Å². The van der Waals surface area contributed by atoms with E-state index in [9.17, 15) is 4.39 Å². The highest BCUT2D eigenvalue weighted by Gasteiger charge is 2.31. The van der Waals surface area contributed by atoms with E-state index in [1.807, 2.05) is 0 Å². The molecule has 0 saturated carbocycles. The molecule has 1 N–H and O–H groups in total. The SMILES string of the molecule is CC(C)(C)NCC1CCOC1c1ccc(F)cc1Cl. The quantitative estimate of drug-likeness (QED) is 0.908. The van der Waals surface area contributed by atoms with Crippen LogP contribution in [0.15, 0.2) is 18.2 Å². The lowest BCUT2D eigenvalue weighted by atomic mass is 9.94. The van der Waals surface area contributed by atoms with Gasteiger partial charge in [-0.3, -0.25) is 0 Å². The highest BCUT2D eigenvalue weighted by Crippen LogP contribution is 2.37. The van der Waals surface area contributed by atoms with Crippen molar-refractivity contribution in [3.8, 4) is 0 Å². The van der Waals surface area contributed by atoms with Crippen LogP contribution in [0.3, 0.4) is 0 Å². The van der Waals surface area contributed by atoms with Crippen molar-refractivity contribution in [2.24, 2.45) is 5.92 Å². The topological polar surface area (TPSA) is 21.3 Å². The third kappa shape index (κ3) is 3.91. The van der Waals surface area contributed by atoms with Crippen LogP contribution >= 0.6 is 11.6 Å². The molecular weight excluding hydrogens is 265 g/mol. The fourth-order valence-electron chi connectivity index (χ4n) is 2.36. The summed E-state index contributed by atoms with van der Waals surface area (Å²) in [5, 5.41) is 3.95. The molecule has 0 aliphatic carbocycles. The molecule has 0 aromatic heterocycles. The minimum Gasteiger partial charge on any atom is -0.373 e. The molecule has 19 heavy (non-hydrogen) atoms. The Morgan fingerprint density at radius 2 is 2.16 bits per heavy atom. The zero-order valence-corrected chi connectivity index (χ0v) is 12.4. The highest BCUT2D eigenvalue weighted by molar-refractivity contribution is 6.31. The second-order valence-corrected chi connectivity index (χ2v) is 6.54. The molecular formula is C15H21ClFNO. The maximum absolute atomic E-state index is 13.1. The first-order valence-corrected chi connectivity index (χ1v) is 7.06. The molecule has 1 saturated heterocycles. The van der Waals surface area contributed by atoms with E-state index in [0.717, 1.165) is 25.1 Å².